The summed E-state index contributed by atoms with van der Waals surface area (Å²) in [6, 6.07) is 1.99. The molecule has 8 heteroatoms. The molecule has 24 heavy (non-hydrogen) atoms. The molecule has 1 aliphatic heterocycles. The van der Waals surface area contributed by atoms with Gasteiger partial charge in [0.1, 0.15) is 12.2 Å². The maximum atomic E-state index is 12.5. The summed E-state index contributed by atoms with van der Waals surface area (Å²) in [4.78, 5) is 14.4. The summed E-state index contributed by atoms with van der Waals surface area (Å²) >= 11 is 0. The Kier molecular flexibility index (Phi) is 5.24. The van der Waals surface area contributed by atoms with Crippen molar-refractivity contribution in [1.82, 2.24) is 29.4 Å². The molecule has 0 unspecified atom stereocenters. The first kappa shape index (κ1) is 16.6. The van der Waals surface area contributed by atoms with E-state index < -0.39 is 0 Å². The first-order chi connectivity index (χ1) is 11.7. The van der Waals surface area contributed by atoms with E-state index in [9.17, 15) is 4.79 Å². The second kappa shape index (κ2) is 7.57. The summed E-state index contributed by atoms with van der Waals surface area (Å²) < 4.78 is 3.60. The molecule has 130 valence electrons. The largest absolute Gasteiger partial charge is 0.394 e. The van der Waals surface area contributed by atoms with Crippen molar-refractivity contribution in [3.8, 4) is 0 Å². The Morgan fingerprint density at radius 3 is 3.08 bits per heavy atom. The van der Waals surface area contributed by atoms with Crippen LogP contribution in [-0.2, 0) is 24.8 Å². The molecule has 1 saturated heterocycles. The molecular formula is C16H24N6O2. The highest BCUT2D eigenvalue weighted by Gasteiger charge is 2.26. The molecule has 0 saturated carbocycles. The van der Waals surface area contributed by atoms with Gasteiger partial charge in [0.2, 0.25) is 5.91 Å². The van der Waals surface area contributed by atoms with Crippen LogP contribution in [0.5, 0.6) is 0 Å². The Labute approximate surface area is 141 Å². The molecule has 3 heterocycles. The average Bonchev–Trinajstić information content (AvgIpc) is 3.22. The molecule has 1 fully saturated rings. The molecule has 0 spiro atoms. The van der Waals surface area contributed by atoms with Crippen LogP contribution in [0, 0.1) is 0 Å². The number of piperidine rings is 1. The van der Waals surface area contributed by atoms with Crippen molar-refractivity contribution in [2.24, 2.45) is 7.05 Å². The summed E-state index contributed by atoms with van der Waals surface area (Å²) in [5, 5.41) is 21.4. The molecule has 8 nitrogen and oxygen atoms in total. The average molecular weight is 332 g/mol. The lowest BCUT2D eigenvalue weighted by molar-refractivity contribution is -0.132. The first-order valence-corrected chi connectivity index (χ1v) is 8.42. The van der Waals surface area contributed by atoms with Gasteiger partial charge in [0.15, 0.2) is 0 Å². The highest BCUT2D eigenvalue weighted by Crippen LogP contribution is 2.26. The van der Waals surface area contributed by atoms with E-state index in [1.54, 1.807) is 11.0 Å². The van der Waals surface area contributed by atoms with Crippen LogP contribution in [0.1, 0.15) is 36.7 Å². The molecular weight excluding hydrogens is 308 g/mol. The minimum atomic E-state index is 0.0818. The summed E-state index contributed by atoms with van der Waals surface area (Å²) in [7, 11) is 1.89. The van der Waals surface area contributed by atoms with Gasteiger partial charge in [-0.2, -0.15) is 5.10 Å². The number of hydrogen-bond donors (Lipinski definition) is 1. The van der Waals surface area contributed by atoms with E-state index in [-0.39, 0.29) is 18.4 Å². The monoisotopic (exact) mass is 332 g/mol. The maximum Gasteiger partial charge on any atom is 0.223 e. The van der Waals surface area contributed by atoms with Gasteiger partial charge in [-0.1, -0.05) is 0 Å². The minimum absolute atomic E-state index is 0.0818. The number of likely N-dealkylation sites (tertiary alicyclic amines) is 1. The van der Waals surface area contributed by atoms with Crippen molar-refractivity contribution in [3.63, 3.8) is 0 Å². The predicted octanol–water partition coefficient (Wildman–Crippen LogP) is 0.343. The van der Waals surface area contributed by atoms with Crippen LogP contribution in [0.4, 0.5) is 0 Å². The highest BCUT2D eigenvalue weighted by molar-refractivity contribution is 5.76. The fourth-order valence-electron chi connectivity index (χ4n) is 3.18. The normalized spacial score (nSPS) is 18.1. The van der Waals surface area contributed by atoms with Gasteiger partial charge in [0.05, 0.1) is 18.8 Å². The zero-order valence-corrected chi connectivity index (χ0v) is 14.0. The molecule has 3 rings (SSSR count). The number of rotatable bonds is 6. The van der Waals surface area contributed by atoms with Crippen molar-refractivity contribution in [2.45, 2.75) is 38.1 Å². The number of carbonyl (C=O) groups excluding carboxylic acids is 1. The number of carbonyl (C=O) groups is 1. The third kappa shape index (κ3) is 3.81. The lowest BCUT2D eigenvalue weighted by atomic mass is 9.94. The zero-order chi connectivity index (χ0) is 16.9. The van der Waals surface area contributed by atoms with Gasteiger partial charge in [-0.15, -0.1) is 10.2 Å². The van der Waals surface area contributed by atoms with Gasteiger partial charge in [-0.05, 0) is 18.9 Å². The maximum absolute atomic E-state index is 12.5. The van der Waals surface area contributed by atoms with E-state index in [2.05, 4.69) is 15.3 Å². The Hall–Kier alpha value is -2.22. The second-order valence-corrected chi connectivity index (χ2v) is 6.26. The van der Waals surface area contributed by atoms with Crippen molar-refractivity contribution in [3.05, 3.63) is 30.1 Å². The topological polar surface area (TPSA) is 89.1 Å². The molecule has 1 aliphatic rings. The first-order valence-electron chi connectivity index (χ1n) is 8.42. The number of hydrogen-bond acceptors (Lipinski definition) is 5. The van der Waals surface area contributed by atoms with Crippen LogP contribution in [0.15, 0.2) is 18.6 Å². The summed E-state index contributed by atoms with van der Waals surface area (Å²) in [5.74, 6) is 1.27. The highest BCUT2D eigenvalue weighted by atomic mass is 16.3. The smallest absolute Gasteiger partial charge is 0.223 e. The molecule has 0 aromatic carbocycles. The van der Waals surface area contributed by atoms with Gasteiger partial charge >= 0.3 is 0 Å². The summed E-state index contributed by atoms with van der Waals surface area (Å²) in [6.45, 7) is 2.12. The van der Waals surface area contributed by atoms with Crippen LogP contribution in [0.25, 0.3) is 0 Å². The minimum Gasteiger partial charge on any atom is -0.394 e. The number of aliphatic hydroxyl groups is 1. The molecule has 0 radical (unpaired) electrons. The van der Waals surface area contributed by atoms with E-state index in [0.717, 1.165) is 30.9 Å². The van der Waals surface area contributed by atoms with Crippen LogP contribution in [0.3, 0.4) is 0 Å². The molecule has 2 aromatic heterocycles. The quantitative estimate of drug-likeness (QED) is 0.824. The number of aromatic nitrogens is 5. The molecule has 0 aliphatic carbocycles. The lowest BCUT2D eigenvalue weighted by Crippen LogP contribution is -2.39. The van der Waals surface area contributed by atoms with Crippen LogP contribution < -0.4 is 0 Å². The number of amides is 1. The number of nitrogens with zero attached hydrogens (tertiary/aromatic N) is 6. The number of aliphatic hydroxyl groups excluding tert-OH is 1. The fraction of sp³-hybridized carbons (Fsp3) is 0.625. The Bertz CT molecular complexity index is 680. The summed E-state index contributed by atoms with van der Waals surface area (Å²) in [6.07, 6.45) is 6.65. The van der Waals surface area contributed by atoms with E-state index in [1.807, 2.05) is 28.8 Å². The fourth-order valence-corrected chi connectivity index (χ4v) is 3.18. The number of aryl methyl sites for hydroxylation is 2. The van der Waals surface area contributed by atoms with E-state index in [0.29, 0.717) is 25.9 Å². The zero-order valence-electron chi connectivity index (χ0n) is 14.0. The Morgan fingerprint density at radius 1 is 1.46 bits per heavy atom. The van der Waals surface area contributed by atoms with Gasteiger partial charge in [-0.25, -0.2) is 0 Å². The van der Waals surface area contributed by atoms with Crippen molar-refractivity contribution in [2.75, 3.05) is 19.7 Å². The van der Waals surface area contributed by atoms with Crippen molar-refractivity contribution >= 4 is 5.91 Å². The van der Waals surface area contributed by atoms with Crippen LogP contribution >= 0.6 is 0 Å². The van der Waals surface area contributed by atoms with E-state index in [4.69, 9.17) is 5.11 Å². The van der Waals surface area contributed by atoms with Gasteiger partial charge in [-0.3, -0.25) is 9.48 Å². The van der Waals surface area contributed by atoms with Crippen LogP contribution in [0.2, 0.25) is 0 Å². The standard InChI is InChI=1S/C16H24N6O2/c1-20-12-17-18-15(20)4-5-16(24)21-7-2-3-13(11-21)14-6-8-22(19-14)9-10-23/h6,8,12-13,23H,2-5,7,9-11H2,1H3/t13-/m1/s1. The van der Waals surface area contributed by atoms with Crippen molar-refractivity contribution in [1.29, 1.82) is 0 Å². The van der Waals surface area contributed by atoms with Crippen LogP contribution in [-0.4, -0.2) is 60.2 Å². The second-order valence-electron chi connectivity index (χ2n) is 6.26. The van der Waals surface area contributed by atoms with Gasteiger partial charge < -0.3 is 14.6 Å². The summed E-state index contributed by atoms with van der Waals surface area (Å²) in [5.41, 5.74) is 1.01. The lowest BCUT2D eigenvalue weighted by Gasteiger charge is -2.32. The van der Waals surface area contributed by atoms with E-state index >= 15 is 0 Å². The Morgan fingerprint density at radius 2 is 2.33 bits per heavy atom. The van der Waals surface area contributed by atoms with E-state index in [1.165, 1.54) is 0 Å². The molecule has 1 atom stereocenters. The molecule has 1 N–H and O–H groups in total. The third-order valence-corrected chi connectivity index (χ3v) is 4.55. The molecule has 1 amide bonds. The SMILES string of the molecule is Cn1cnnc1CCC(=O)N1CCC[C@@H](c2ccn(CCO)n2)C1. The third-order valence-electron chi connectivity index (χ3n) is 4.55. The van der Waals surface area contributed by atoms with Gasteiger partial charge in [0, 0.05) is 45.1 Å². The van der Waals surface area contributed by atoms with Gasteiger partial charge in [0.25, 0.3) is 0 Å². The Balaban J connectivity index is 1.56. The molecule has 2 aromatic rings. The van der Waals surface area contributed by atoms with Crippen molar-refractivity contribution < 1.29 is 9.90 Å². The predicted molar refractivity (Wildman–Crippen MR) is 87.2 cm³/mol. The molecule has 0 bridgehead atoms.